The van der Waals surface area contributed by atoms with Gasteiger partial charge in [-0.25, -0.2) is 10.8 Å². The van der Waals surface area contributed by atoms with Crippen molar-refractivity contribution in [2.45, 2.75) is 6.92 Å². The number of nitrogens with zero attached hydrogens (tertiary/aromatic N) is 1. The van der Waals surface area contributed by atoms with E-state index in [-0.39, 0.29) is 17.2 Å². The van der Waals surface area contributed by atoms with Crippen LogP contribution in [0, 0.1) is 0 Å². The summed E-state index contributed by atoms with van der Waals surface area (Å²) in [6.07, 6.45) is 0. The molecule has 0 aliphatic rings. The van der Waals surface area contributed by atoms with Gasteiger partial charge in [0.2, 0.25) is 0 Å². The molecule has 1 amide bonds. The molecule has 1 aromatic rings. The topological polar surface area (TPSA) is 85.1 Å². The fourth-order valence-corrected chi connectivity index (χ4v) is 0.831. The number of aromatic nitrogens is 1. The minimum Gasteiger partial charge on any atom is -0.293 e. The highest BCUT2D eigenvalue weighted by Crippen LogP contribution is 1.99. The molecule has 0 bridgehead atoms. The Morgan fingerprint density at radius 2 is 2.00 bits per heavy atom. The number of carbonyl (C=O) groups is 2. The van der Waals surface area contributed by atoms with Crippen LogP contribution in [0.5, 0.6) is 0 Å². The quantitative estimate of drug-likeness (QED) is 0.287. The van der Waals surface area contributed by atoms with Crippen molar-refractivity contribution in [1.82, 2.24) is 10.4 Å². The third-order valence-corrected chi connectivity index (χ3v) is 1.47. The van der Waals surface area contributed by atoms with Crippen molar-refractivity contribution >= 4 is 11.7 Å². The van der Waals surface area contributed by atoms with Gasteiger partial charge in [-0.2, -0.15) is 0 Å². The van der Waals surface area contributed by atoms with Crippen LogP contribution in [0.15, 0.2) is 18.2 Å². The van der Waals surface area contributed by atoms with Crippen molar-refractivity contribution in [3.63, 3.8) is 0 Å². The van der Waals surface area contributed by atoms with Crippen molar-refractivity contribution in [3.8, 4) is 0 Å². The lowest BCUT2D eigenvalue weighted by molar-refractivity contribution is 0.0948. The van der Waals surface area contributed by atoms with Gasteiger partial charge in [0.05, 0.1) is 0 Å². The molecular weight excluding hydrogens is 170 g/mol. The van der Waals surface area contributed by atoms with Crippen molar-refractivity contribution in [2.75, 3.05) is 0 Å². The lowest BCUT2D eigenvalue weighted by Crippen LogP contribution is -2.30. The number of ketones is 1. The number of hydrogen-bond donors (Lipinski definition) is 2. The molecule has 0 aliphatic carbocycles. The average Bonchev–Trinajstić information content (AvgIpc) is 2.17. The normalized spacial score (nSPS) is 9.38. The molecule has 0 aliphatic heterocycles. The summed E-state index contributed by atoms with van der Waals surface area (Å²) >= 11 is 0. The lowest BCUT2D eigenvalue weighted by Gasteiger charge is -1.99. The molecule has 13 heavy (non-hydrogen) atoms. The molecule has 0 atom stereocenters. The smallest absolute Gasteiger partial charge is 0.283 e. The van der Waals surface area contributed by atoms with E-state index in [1.54, 1.807) is 6.07 Å². The first-order chi connectivity index (χ1) is 6.15. The van der Waals surface area contributed by atoms with Gasteiger partial charge in [0.25, 0.3) is 5.91 Å². The van der Waals surface area contributed by atoms with E-state index in [0.29, 0.717) is 0 Å². The largest absolute Gasteiger partial charge is 0.293 e. The van der Waals surface area contributed by atoms with Crippen LogP contribution in [-0.2, 0) is 0 Å². The van der Waals surface area contributed by atoms with Crippen LogP contribution in [0.2, 0.25) is 0 Å². The maximum Gasteiger partial charge on any atom is 0.283 e. The van der Waals surface area contributed by atoms with Crippen LogP contribution in [0.3, 0.4) is 0 Å². The van der Waals surface area contributed by atoms with Crippen LogP contribution >= 0.6 is 0 Å². The first-order valence-corrected chi connectivity index (χ1v) is 3.64. The number of hydrogen-bond acceptors (Lipinski definition) is 4. The molecule has 1 heterocycles. The van der Waals surface area contributed by atoms with E-state index >= 15 is 0 Å². The second kappa shape index (κ2) is 3.77. The number of carbonyl (C=O) groups excluding carboxylic acids is 2. The van der Waals surface area contributed by atoms with Gasteiger partial charge in [0.1, 0.15) is 11.4 Å². The van der Waals surface area contributed by atoms with Crippen molar-refractivity contribution in [3.05, 3.63) is 29.6 Å². The molecule has 5 nitrogen and oxygen atoms in total. The molecule has 68 valence electrons. The maximum absolute atomic E-state index is 11.0. The molecular formula is C8H9N3O2. The first-order valence-electron chi connectivity index (χ1n) is 3.64. The number of pyridine rings is 1. The van der Waals surface area contributed by atoms with E-state index in [1.165, 1.54) is 19.1 Å². The predicted octanol–water partition coefficient (Wildman–Crippen LogP) is -0.112. The minimum absolute atomic E-state index is 0.134. The Kier molecular flexibility index (Phi) is 2.71. The van der Waals surface area contributed by atoms with Gasteiger partial charge in [-0.1, -0.05) is 6.07 Å². The average molecular weight is 179 g/mol. The second-order valence-corrected chi connectivity index (χ2v) is 2.44. The number of nitrogens with two attached hydrogens (primary N) is 1. The number of nitrogen functional groups attached to an aromatic ring is 1. The van der Waals surface area contributed by atoms with E-state index in [2.05, 4.69) is 4.98 Å². The summed E-state index contributed by atoms with van der Waals surface area (Å²) in [6, 6.07) is 4.60. The van der Waals surface area contributed by atoms with E-state index in [0.717, 1.165) is 0 Å². The van der Waals surface area contributed by atoms with Crippen LogP contribution in [-0.4, -0.2) is 16.7 Å². The summed E-state index contributed by atoms with van der Waals surface area (Å²) in [5.74, 6) is 4.21. The summed E-state index contributed by atoms with van der Waals surface area (Å²) in [6.45, 7) is 1.38. The van der Waals surface area contributed by atoms with Crippen LogP contribution in [0.25, 0.3) is 0 Å². The summed E-state index contributed by atoms with van der Waals surface area (Å²) < 4.78 is 0. The molecule has 1 rings (SSSR count). The Morgan fingerprint density at radius 1 is 1.38 bits per heavy atom. The highest BCUT2D eigenvalue weighted by molar-refractivity contribution is 5.95. The molecule has 3 N–H and O–H groups in total. The van der Waals surface area contributed by atoms with Gasteiger partial charge in [0.15, 0.2) is 5.78 Å². The summed E-state index contributed by atoms with van der Waals surface area (Å²) in [5, 5.41) is 0. The van der Waals surface area contributed by atoms with Crippen molar-refractivity contribution < 1.29 is 9.59 Å². The monoisotopic (exact) mass is 179 g/mol. The zero-order valence-electron chi connectivity index (χ0n) is 7.07. The van der Waals surface area contributed by atoms with Gasteiger partial charge in [-0.15, -0.1) is 0 Å². The molecule has 0 radical (unpaired) electrons. The zero-order valence-corrected chi connectivity index (χ0v) is 7.07. The van der Waals surface area contributed by atoms with Crippen LogP contribution in [0.4, 0.5) is 0 Å². The number of Topliss-reactive ketones (excluding diaryl/α,β-unsaturated/α-hetero) is 1. The lowest BCUT2D eigenvalue weighted by atomic mass is 10.2. The Labute approximate surface area is 74.9 Å². The number of amides is 1. The highest BCUT2D eigenvalue weighted by Gasteiger charge is 2.07. The Hall–Kier alpha value is -1.75. The fourth-order valence-electron chi connectivity index (χ4n) is 0.831. The highest BCUT2D eigenvalue weighted by atomic mass is 16.2. The molecule has 0 saturated heterocycles. The van der Waals surface area contributed by atoms with E-state index in [9.17, 15) is 9.59 Å². The fraction of sp³-hybridized carbons (Fsp3) is 0.125. The standard InChI is InChI=1S/C8H9N3O2/c1-5(12)6-3-2-4-7(10-6)8(13)11-9/h2-4H,9H2,1H3,(H,11,13). The number of nitrogens with one attached hydrogen (secondary N) is 1. The minimum atomic E-state index is -0.511. The maximum atomic E-state index is 11.0. The van der Waals surface area contributed by atoms with Crippen LogP contribution < -0.4 is 11.3 Å². The van der Waals surface area contributed by atoms with Crippen molar-refractivity contribution in [1.29, 1.82) is 0 Å². The number of rotatable bonds is 2. The summed E-state index contributed by atoms with van der Waals surface area (Å²) in [5.41, 5.74) is 2.32. The van der Waals surface area contributed by atoms with E-state index in [1.807, 2.05) is 5.43 Å². The SMILES string of the molecule is CC(=O)c1cccc(C(=O)NN)n1. The Balaban J connectivity index is 3.05. The molecule has 0 unspecified atom stereocenters. The zero-order chi connectivity index (χ0) is 9.84. The van der Waals surface area contributed by atoms with Gasteiger partial charge < -0.3 is 0 Å². The Bertz CT molecular complexity index is 349. The summed E-state index contributed by atoms with van der Waals surface area (Å²) in [4.78, 5) is 25.7. The van der Waals surface area contributed by atoms with E-state index < -0.39 is 5.91 Å². The first kappa shape index (κ1) is 9.34. The van der Waals surface area contributed by atoms with Gasteiger partial charge in [-0.05, 0) is 12.1 Å². The molecule has 0 saturated carbocycles. The molecule has 1 aromatic heterocycles. The third-order valence-electron chi connectivity index (χ3n) is 1.47. The van der Waals surface area contributed by atoms with Crippen LogP contribution in [0.1, 0.15) is 27.9 Å². The molecule has 0 spiro atoms. The van der Waals surface area contributed by atoms with Gasteiger partial charge in [-0.3, -0.25) is 15.0 Å². The van der Waals surface area contributed by atoms with Gasteiger partial charge >= 0.3 is 0 Å². The summed E-state index contributed by atoms with van der Waals surface area (Å²) in [7, 11) is 0. The molecule has 5 heteroatoms. The molecule has 0 fully saturated rings. The third kappa shape index (κ3) is 2.09. The van der Waals surface area contributed by atoms with Gasteiger partial charge in [0, 0.05) is 6.92 Å². The predicted molar refractivity (Wildman–Crippen MR) is 45.9 cm³/mol. The molecule has 0 aromatic carbocycles. The van der Waals surface area contributed by atoms with Crippen molar-refractivity contribution in [2.24, 2.45) is 5.84 Å². The second-order valence-electron chi connectivity index (χ2n) is 2.44. The Morgan fingerprint density at radius 3 is 2.54 bits per heavy atom. The number of hydrazine groups is 1. The van der Waals surface area contributed by atoms with E-state index in [4.69, 9.17) is 5.84 Å².